The molecule has 0 spiro atoms. The molecule has 1 aliphatic heterocycles. The zero-order chi connectivity index (χ0) is 20.6. The molecule has 0 aromatic heterocycles. The summed E-state index contributed by atoms with van der Waals surface area (Å²) < 4.78 is 6.49. The van der Waals surface area contributed by atoms with Crippen LogP contribution in [0.25, 0.3) is 10.8 Å². The van der Waals surface area contributed by atoms with Crippen molar-refractivity contribution in [2.75, 3.05) is 0 Å². The van der Waals surface area contributed by atoms with Crippen molar-refractivity contribution in [1.29, 1.82) is 0 Å². The number of carbonyl (C=O) groups excluding carboxylic acids is 3. The molecule has 3 atom stereocenters. The number of carbonyl (C=O) groups is 3. The minimum Gasteiger partial charge on any atom is -0.425 e. The van der Waals surface area contributed by atoms with Gasteiger partial charge in [-0.15, -0.1) is 0 Å². The number of halogens is 1. The highest BCUT2D eigenvalue weighted by molar-refractivity contribution is 9.10. The summed E-state index contributed by atoms with van der Waals surface area (Å²) in [5, 5.41) is 1.88. The van der Waals surface area contributed by atoms with Gasteiger partial charge >= 0.3 is 5.97 Å². The van der Waals surface area contributed by atoms with Crippen molar-refractivity contribution in [3.63, 3.8) is 0 Å². The summed E-state index contributed by atoms with van der Waals surface area (Å²) in [6, 6.07) is 18.4. The normalized spacial score (nSPS) is 27.0. The number of benzene rings is 3. The molecule has 1 saturated carbocycles. The molecule has 1 heterocycles. The van der Waals surface area contributed by atoms with Crippen LogP contribution >= 0.6 is 15.9 Å². The van der Waals surface area contributed by atoms with Crippen molar-refractivity contribution >= 4 is 44.2 Å². The monoisotopic (exact) mass is 448 g/mol. The second-order valence-corrected chi connectivity index (χ2v) is 8.84. The maximum atomic E-state index is 13.6. The molecular formula is C24H17BrO4. The standard InChI is InChI=1S/C24H17BrO4/c1-13(26)24-20(23(24,2)21(27)15-7-10-16(25)11-8-15)19-17-6-4-3-5-14(17)9-12-18(19)29-22(24)28/h3-12,20H,1-2H3/t20-,23+,24+/m1/s1. The van der Waals surface area contributed by atoms with Gasteiger partial charge in [-0.1, -0.05) is 65.3 Å². The second kappa shape index (κ2) is 5.86. The molecule has 0 amide bonds. The van der Waals surface area contributed by atoms with Crippen LogP contribution in [0.4, 0.5) is 0 Å². The Balaban J connectivity index is 1.77. The Morgan fingerprint density at radius 3 is 2.38 bits per heavy atom. The lowest BCUT2D eigenvalue weighted by Crippen LogP contribution is -2.37. The molecule has 0 unspecified atom stereocenters. The van der Waals surface area contributed by atoms with Crippen molar-refractivity contribution < 1.29 is 19.1 Å². The molecule has 29 heavy (non-hydrogen) atoms. The topological polar surface area (TPSA) is 60.4 Å². The fourth-order valence-corrected chi connectivity index (χ4v) is 5.49. The van der Waals surface area contributed by atoms with Crippen LogP contribution in [0.15, 0.2) is 65.1 Å². The van der Waals surface area contributed by atoms with Gasteiger partial charge in [-0.05, 0) is 35.9 Å². The van der Waals surface area contributed by atoms with Gasteiger partial charge in [0.05, 0.1) is 5.41 Å². The summed E-state index contributed by atoms with van der Waals surface area (Å²) >= 11 is 3.37. The Morgan fingerprint density at radius 2 is 1.69 bits per heavy atom. The van der Waals surface area contributed by atoms with E-state index in [1.165, 1.54) is 6.92 Å². The third-order valence-electron chi connectivity index (χ3n) is 6.62. The summed E-state index contributed by atoms with van der Waals surface area (Å²) in [7, 11) is 0. The van der Waals surface area contributed by atoms with E-state index in [4.69, 9.17) is 4.74 Å². The quantitative estimate of drug-likeness (QED) is 0.242. The number of hydrogen-bond donors (Lipinski definition) is 0. The summed E-state index contributed by atoms with van der Waals surface area (Å²) in [6.45, 7) is 3.10. The molecule has 0 bridgehead atoms. The Kier molecular flexibility index (Phi) is 3.69. The maximum Gasteiger partial charge on any atom is 0.326 e. The molecule has 3 aromatic carbocycles. The zero-order valence-electron chi connectivity index (χ0n) is 15.9. The Hall–Kier alpha value is -2.79. The van der Waals surface area contributed by atoms with E-state index >= 15 is 0 Å². The number of ether oxygens (including phenoxy) is 1. The highest BCUT2D eigenvalue weighted by atomic mass is 79.9. The average Bonchev–Trinajstić information content (AvgIpc) is 3.31. The molecule has 5 heteroatoms. The van der Waals surface area contributed by atoms with Crippen molar-refractivity contribution in [2.24, 2.45) is 10.8 Å². The summed E-state index contributed by atoms with van der Waals surface area (Å²) in [4.78, 5) is 39.6. The van der Waals surface area contributed by atoms with Gasteiger partial charge < -0.3 is 4.74 Å². The SMILES string of the molecule is CC(=O)[C@@]12C(=O)Oc3ccc4ccccc4c3[C@@H]1[C@@]2(C)C(=O)c1ccc(Br)cc1. The van der Waals surface area contributed by atoms with Gasteiger partial charge in [0.1, 0.15) is 16.9 Å². The van der Waals surface area contributed by atoms with E-state index < -0.39 is 22.7 Å². The number of hydrogen-bond acceptors (Lipinski definition) is 4. The van der Waals surface area contributed by atoms with Gasteiger partial charge in [0, 0.05) is 21.5 Å². The summed E-state index contributed by atoms with van der Waals surface area (Å²) in [6.07, 6.45) is 0. The Morgan fingerprint density at radius 1 is 1.00 bits per heavy atom. The highest BCUT2D eigenvalue weighted by Gasteiger charge is 2.86. The number of Topliss-reactive ketones (excluding diaryl/α,β-unsaturated/α-hetero) is 2. The van der Waals surface area contributed by atoms with Gasteiger partial charge in [-0.2, -0.15) is 0 Å². The van der Waals surface area contributed by atoms with Gasteiger partial charge in [0.15, 0.2) is 5.78 Å². The third-order valence-corrected chi connectivity index (χ3v) is 7.15. The minimum absolute atomic E-state index is 0.220. The van der Waals surface area contributed by atoms with Crippen LogP contribution in [0.3, 0.4) is 0 Å². The number of esters is 1. The predicted octanol–water partition coefficient (Wildman–Crippen LogP) is 5.08. The van der Waals surface area contributed by atoms with Crippen LogP contribution in [0.5, 0.6) is 5.75 Å². The lowest BCUT2D eigenvalue weighted by Gasteiger charge is -2.22. The van der Waals surface area contributed by atoms with Crippen molar-refractivity contribution in [2.45, 2.75) is 19.8 Å². The van der Waals surface area contributed by atoms with E-state index in [0.29, 0.717) is 11.3 Å². The molecule has 5 rings (SSSR count). The molecule has 0 saturated heterocycles. The van der Waals surface area contributed by atoms with Crippen LogP contribution in [-0.4, -0.2) is 17.5 Å². The molecule has 1 aliphatic carbocycles. The van der Waals surface area contributed by atoms with Crippen LogP contribution in [-0.2, 0) is 9.59 Å². The summed E-state index contributed by atoms with van der Waals surface area (Å²) in [5.41, 5.74) is -1.45. The first-order valence-corrected chi connectivity index (χ1v) is 10.2. The first-order chi connectivity index (χ1) is 13.8. The van der Waals surface area contributed by atoms with Gasteiger partial charge in [-0.3, -0.25) is 14.4 Å². The van der Waals surface area contributed by atoms with Crippen molar-refractivity contribution in [3.05, 3.63) is 76.3 Å². The molecule has 1 fully saturated rings. The maximum absolute atomic E-state index is 13.6. The van der Waals surface area contributed by atoms with Crippen LogP contribution in [0.1, 0.15) is 35.7 Å². The predicted molar refractivity (Wildman–Crippen MR) is 112 cm³/mol. The lowest BCUT2D eigenvalue weighted by molar-refractivity contribution is -0.147. The first-order valence-electron chi connectivity index (χ1n) is 9.39. The summed E-state index contributed by atoms with van der Waals surface area (Å²) in [5.74, 6) is -1.30. The van der Waals surface area contributed by atoms with Gasteiger partial charge in [0.25, 0.3) is 0 Å². The average molecular weight is 449 g/mol. The molecule has 3 aromatic rings. The number of rotatable bonds is 3. The fraction of sp³-hybridized carbons (Fsp3) is 0.208. The Labute approximate surface area is 176 Å². The van der Waals surface area contributed by atoms with E-state index in [2.05, 4.69) is 15.9 Å². The fourth-order valence-electron chi connectivity index (χ4n) is 5.22. The van der Waals surface area contributed by atoms with E-state index in [-0.39, 0.29) is 11.6 Å². The van der Waals surface area contributed by atoms with E-state index in [9.17, 15) is 14.4 Å². The molecular weight excluding hydrogens is 432 g/mol. The van der Waals surface area contributed by atoms with Crippen LogP contribution < -0.4 is 4.74 Å². The molecule has 144 valence electrons. The highest BCUT2D eigenvalue weighted by Crippen LogP contribution is 2.79. The molecule has 2 aliphatic rings. The van der Waals surface area contributed by atoms with Crippen LogP contribution in [0.2, 0.25) is 0 Å². The lowest BCUT2D eigenvalue weighted by atomic mass is 9.85. The first kappa shape index (κ1) is 18.3. The van der Waals surface area contributed by atoms with Crippen LogP contribution in [0, 0.1) is 10.8 Å². The zero-order valence-corrected chi connectivity index (χ0v) is 17.4. The van der Waals surface area contributed by atoms with E-state index in [1.54, 1.807) is 37.3 Å². The Bertz CT molecular complexity index is 1230. The van der Waals surface area contributed by atoms with Gasteiger partial charge in [0.2, 0.25) is 0 Å². The minimum atomic E-state index is -1.49. The largest absolute Gasteiger partial charge is 0.425 e. The number of ketones is 2. The smallest absolute Gasteiger partial charge is 0.326 e. The van der Waals surface area contributed by atoms with E-state index in [1.807, 2.05) is 30.3 Å². The van der Waals surface area contributed by atoms with E-state index in [0.717, 1.165) is 20.8 Å². The van der Waals surface area contributed by atoms with Crippen molar-refractivity contribution in [1.82, 2.24) is 0 Å². The van der Waals surface area contributed by atoms with Gasteiger partial charge in [-0.25, -0.2) is 0 Å². The number of fused-ring (bicyclic) bond motifs is 5. The van der Waals surface area contributed by atoms with Crippen molar-refractivity contribution in [3.8, 4) is 5.75 Å². The molecule has 0 N–H and O–H groups in total. The molecule has 4 nitrogen and oxygen atoms in total. The second-order valence-electron chi connectivity index (χ2n) is 7.92. The molecule has 0 radical (unpaired) electrons. The third kappa shape index (κ3) is 2.11.